The SMILES string of the molecule is CC1CC(O)CCN(C(=O)OCC2c3ccccc3-c3ccccc32)C1. The van der Waals surface area contributed by atoms with Crippen molar-refractivity contribution in [2.75, 3.05) is 19.7 Å². The maximum atomic E-state index is 12.6. The number of nitrogens with zero attached hydrogens (tertiary/aromatic N) is 1. The van der Waals surface area contributed by atoms with E-state index in [1.54, 1.807) is 4.90 Å². The molecule has 4 nitrogen and oxygen atoms in total. The van der Waals surface area contributed by atoms with Crippen molar-refractivity contribution in [1.29, 1.82) is 0 Å². The van der Waals surface area contributed by atoms with E-state index in [4.69, 9.17) is 4.74 Å². The standard InChI is InChI=1S/C22H25NO3/c1-15-12-16(24)10-11-23(13-15)22(25)26-14-21-19-8-4-2-6-17(19)18-7-3-5-9-20(18)21/h2-9,15-16,21,24H,10-14H2,1H3. The van der Waals surface area contributed by atoms with Crippen LogP contribution in [0.25, 0.3) is 11.1 Å². The smallest absolute Gasteiger partial charge is 0.409 e. The molecule has 0 spiro atoms. The molecule has 0 aromatic heterocycles. The summed E-state index contributed by atoms with van der Waals surface area (Å²) >= 11 is 0. The van der Waals surface area contributed by atoms with Crippen molar-refractivity contribution in [3.05, 3.63) is 59.7 Å². The molecule has 0 radical (unpaired) electrons. The molecule has 2 aromatic rings. The first kappa shape index (κ1) is 17.1. The molecule has 2 aliphatic rings. The first-order valence-corrected chi connectivity index (χ1v) is 9.41. The second kappa shape index (κ2) is 7.12. The van der Waals surface area contributed by atoms with Gasteiger partial charge in [-0.15, -0.1) is 0 Å². The van der Waals surface area contributed by atoms with Crippen molar-refractivity contribution in [3.8, 4) is 11.1 Å². The molecular weight excluding hydrogens is 326 g/mol. The van der Waals surface area contributed by atoms with E-state index in [0.29, 0.717) is 26.1 Å². The highest BCUT2D eigenvalue weighted by molar-refractivity contribution is 5.79. The third kappa shape index (κ3) is 3.21. The minimum atomic E-state index is -0.323. The van der Waals surface area contributed by atoms with Crippen molar-refractivity contribution in [3.63, 3.8) is 0 Å². The third-order valence-electron chi connectivity index (χ3n) is 5.53. The lowest BCUT2D eigenvalue weighted by atomic mass is 9.98. The summed E-state index contributed by atoms with van der Waals surface area (Å²) in [6.45, 7) is 3.62. The largest absolute Gasteiger partial charge is 0.448 e. The van der Waals surface area contributed by atoms with Gasteiger partial charge >= 0.3 is 6.09 Å². The average Bonchev–Trinajstić information content (AvgIpc) is 2.85. The normalized spacial score (nSPS) is 22.5. The number of aliphatic hydroxyl groups is 1. The number of carbonyl (C=O) groups excluding carboxylic acids is 1. The number of hydrogen-bond acceptors (Lipinski definition) is 3. The lowest BCUT2D eigenvalue weighted by molar-refractivity contribution is 0.0964. The Kier molecular flexibility index (Phi) is 4.68. The third-order valence-corrected chi connectivity index (χ3v) is 5.53. The molecule has 1 saturated heterocycles. The van der Waals surface area contributed by atoms with Gasteiger partial charge in [-0.3, -0.25) is 0 Å². The molecule has 136 valence electrons. The van der Waals surface area contributed by atoms with Crippen molar-refractivity contribution < 1.29 is 14.6 Å². The number of aliphatic hydroxyl groups excluding tert-OH is 1. The summed E-state index contributed by atoms with van der Waals surface area (Å²) in [4.78, 5) is 14.3. The molecular formula is C22H25NO3. The summed E-state index contributed by atoms with van der Waals surface area (Å²) in [5, 5.41) is 9.90. The van der Waals surface area contributed by atoms with Crippen molar-refractivity contribution >= 4 is 6.09 Å². The highest BCUT2D eigenvalue weighted by Gasteiger charge is 2.30. The van der Waals surface area contributed by atoms with Gasteiger partial charge in [0.2, 0.25) is 0 Å². The van der Waals surface area contributed by atoms with E-state index in [9.17, 15) is 9.90 Å². The van der Waals surface area contributed by atoms with Crippen LogP contribution < -0.4 is 0 Å². The van der Waals surface area contributed by atoms with Gasteiger partial charge < -0.3 is 14.7 Å². The predicted octanol–water partition coefficient (Wildman–Crippen LogP) is 4.03. The minimum Gasteiger partial charge on any atom is -0.448 e. The first-order chi connectivity index (χ1) is 12.6. The second-order valence-corrected chi connectivity index (χ2v) is 7.53. The molecule has 0 bridgehead atoms. The molecule has 1 amide bonds. The first-order valence-electron chi connectivity index (χ1n) is 9.41. The number of amides is 1. The Bertz CT molecular complexity index is 758. The number of likely N-dealkylation sites (tertiary alicyclic amines) is 1. The van der Waals surface area contributed by atoms with Crippen molar-refractivity contribution in [1.82, 2.24) is 4.90 Å². The van der Waals surface area contributed by atoms with Crippen molar-refractivity contribution in [2.24, 2.45) is 5.92 Å². The molecule has 1 aliphatic heterocycles. The Morgan fingerprint density at radius 2 is 1.73 bits per heavy atom. The molecule has 2 unspecified atom stereocenters. The van der Waals surface area contributed by atoms with Crippen LogP contribution in [-0.4, -0.2) is 41.9 Å². The highest BCUT2D eigenvalue weighted by Crippen LogP contribution is 2.44. The Hall–Kier alpha value is -2.33. The molecule has 1 fully saturated rings. The van der Waals surface area contributed by atoms with Gasteiger partial charge in [0.05, 0.1) is 6.10 Å². The van der Waals surface area contributed by atoms with E-state index in [0.717, 1.165) is 6.42 Å². The van der Waals surface area contributed by atoms with Crippen LogP contribution in [0.2, 0.25) is 0 Å². The van der Waals surface area contributed by atoms with E-state index in [1.165, 1.54) is 22.3 Å². The summed E-state index contributed by atoms with van der Waals surface area (Å²) in [5.74, 6) is 0.370. The summed E-state index contributed by atoms with van der Waals surface area (Å²) in [6.07, 6.45) is 0.769. The molecule has 2 atom stereocenters. The molecule has 4 rings (SSSR count). The number of rotatable bonds is 2. The fourth-order valence-electron chi connectivity index (χ4n) is 4.28. The van der Waals surface area contributed by atoms with Gasteiger partial charge in [-0.2, -0.15) is 0 Å². The zero-order valence-electron chi connectivity index (χ0n) is 15.1. The molecule has 0 saturated carbocycles. The van der Waals surface area contributed by atoms with E-state index >= 15 is 0 Å². The van der Waals surface area contributed by atoms with Crippen LogP contribution >= 0.6 is 0 Å². The Balaban J connectivity index is 1.49. The van der Waals surface area contributed by atoms with Gasteiger partial charge in [0.25, 0.3) is 0 Å². The fourth-order valence-corrected chi connectivity index (χ4v) is 4.28. The zero-order chi connectivity index (χ0) is 18.1. The van der Waals surface area contributed by atoms with Gasteiger partial charge in [-0.25, -0.2) is 4.79 Å². The molecule has 1 N–H and O–H groups in total. The van der Waals surface area contributed by atoms with E-state index in [1.807, 2.05) is 24.3 Å². The molecule has 4 heteroatoms. The Morgan fingerprint density at radius 1 is 1.12 bits per heavy atom. The van der Waals surface area contributed by atoms with E-state index in [-0.39, 0.29) is 24.0 Å². The summed E-state index contributed by atoms with van der Waals surface area (Å²) in [5.41, 5.74) is 4.91. The van der Waals surface area contributed by atoms with E-state index in [2.05, 4.69) is 31.2 Å². The fraction of sp³-hybridized carbons (Fsp3) is 0.409. The number of carbonyl (C=O) groups is 1. The van der Waals surface area contributed by atoms with Gasteiger partial charge in [-0.1, -0.05) is 55.5 Å². The van der Waals surface area contributed by atoms with E-state index < -0.39 is 0 Å². The van der Waals surface area contributed by atoms with Gasteiger partial charge in [0.1, 0.15) is 6.61 Å². The van der Waals surface area contributed by atoms with Crippen LogP contribution in [0, 0.1) is 5.92 Å². The molecule has 1 aliphatic carbocycles. The number of benzene rings is 2. The van der Waals surface area contributed by atoms with Crippen LogP contribution in [-0.2, 0) is 4.74 Å². The van der Waals surface area contributed by atoms with Crippen LogP contribution in [0.15, 0.2) is 48.5 Å². The maximum Gasteiger partial charge on any atom is 0.409 e. The zero-order valence-corrected chi connectivity index (χ0v) is 15.1. The number of hydrogen-bond donors (Lipinski definition) is 1. The summed E-state index contributed by atoms with van der Waals surface area (Å²) < 4.78 is 5.72. The molecule has 1 heterocycles. The molecule has 2 aromatic carbocycles. The minimum absolute atomic E-state index is 0.0846. The van der Waals surface area contributed by atoms with Crippen molar-refractivity contribution in [2.45, 2.75) is 31.8 Å². The number of fused-ring (bicyclic) bond motifs is 3. The van der Waals surface area contributed by atoms with Crippen LogP contribution in [0.3, 0.4) is 0 Å². The predicted molar refractivity (Wildman–Crippen MR) is 101 cm³/mol. The maximum absolute atomic E-state index is 12.6. The number of ether oxygens (including phenoxy) is 1. The van der Waals surface area contributed by atoms with Crippen LogP contribution in [0.4, 0.5) is 4.79 Å². The quantitative estimate of drug-likeness (QED) is 0.889. The average molecular weight is 351 g/mol. The van der Waals surface area contributed by atoms with Gasteiger partial charge in [-0.05, 0) is 41.0 Å². The Labute approximate surface area is 154 Å². The Morgan fingerprint density at radius 3 is 2.38 bits per heavy atom. The van der Waals surface area contributed by atoms with Crippen LogP contribution in [0.5, 0.6) is 0 Å². The lowest BCUT2D eigenvalue weighted by Gasteiger charge is -2.23. The second-order valence-electron chi connectivity index (χ2n) is 7.53. The van der Waals surface area contributed by atoms with Gasteiger partial charge in [0, 0.05) is 19.0 Å². The lowest BCUT2D eigenvalue weighted by Crippen LogP contribution is -2.35. The molecule has 26 heavy (non-hydrogen) atoms. The summed E-state index contributed by atoms with van der Waals surface area (Å²) in [6, 6.07) is 16.7. The summed E-state index contributed by atoms with van der Waals surface area (Å²) in [7, 11) is 0. The monoisotopic (exact) mass is 351 g/mol. The van der Waals surface area contributed by atoms with Crippen LogP contribution in [0.1, 0.15) is 36.8 Å². The topological polar surface area (TPSA) is 49.8 Å². The highest BCUT2D eigenvalue weighted by atomic mass is 16.6. The van der Waals surface area contributed by atoms with Gasteiger partial charge in [0.15, 0.2) is 0 Å².